The number of nitrogens with zero attached hydrogens (tertiary/aromatic N) is 1. The van der Waals surface area contributed by atoms with Gasteiger partial charge in [0.05, 0.1) is 0 Å². The van der Waals surface area contributed by atoms with Crippen LogP contribution in [-0.4, -0.2) is 16.8 Å². The largest absolute Gasteiger partial charge is 0.352 e. The molecule has 138 valence electrons. The highest BCUT2D eigenvalue weighted by atomic mass is 32.1. The molecule has 2 amide bonds. The number of carbonyl (C=O) groups is 2. The van der Waals surface area contributed by atoms with E-state index in [0.29, 0.717) is 23.7 Å². The third-order valence-electron chi connectivity index (χ3n) is 3.82. The molecular formula is C20H18FN3O2S. The van der Waals surface area contributed by atoms with E-state index in [-0.39, 0.29) is 17.6 Å². The van der Waals surface area contributed by atoms with E-state index in [1.54, 1.807) is 42.6 Å². The van der Waals surface area contributed by atoms with Crippen molar-refractivity contribution in [2.24, 2.45) is 0 Å². The molecule has 0 aliphatic rings. The van der Waals surface area contributed by atoms with Gasteiger partial charge in [0.2, 0.25) is 5.91 Å². The van der Waals surface area contributed by atoms with Crippen molar-refractivity contribution in [3.63, 3.8) is 0 Å². The average Bonchev–Trinajstić information content (AvgIpc) is 3.09. The maximum Gasteiger partial charge on any atom is 0.257 e. The van der Waals surface area contributed by atoms with Crippen molar-refractivity contribution in [2.45, 2.75) is 19.9 Å². The Hall–Kier alpha value is -3.06. The van der Waals surface area contributed by atoms with Gasteiger partial charge in [-0.3, -0.25) is 14.9 Å². The fraction of sp³-hybridized carbons (Fsp3) is 0.150. The minimum absolute atomic E-state index is 0.1000. The van der Waals surface area contributed by atoms with E-state index in [4.69, 9.17) is 0 Å². The number of anilines is 1. The van der Waals surface area contributed by atoms with Crippen LogP contribution in [0.25, 0.3) is 0 Å². The Morgan fingerprint density at radius 1 is 1.04 bits per heavy atom. The van der Waals surface area contributed by atoms with E-state index >= 15 is 0 Å². The average molecular weight is 383 g/mol. The highest BCUT2D eigenvalue weighted by Gasteiger charge is 2.10. The van der Waals surface area contributed by atoms with E-state index < -0.39 is 0 Å². The second kappa shape index (κ2) is 8.55. The SMILES string of the molecule is CC(=O)NCc1ccc(C(=O)Nc2ncc(Cc3ccc(F)cc3)s2)cc1. The lowest BCUT2D eigenvalue weighted by Crippen LogP contribution is -2.19. The molecule has 2 aromatic carbocycles. The normalized spacial score (nSPS) is 10.4. The summed E-state index contributed by atoms with van der Waals surface area (Å²) in [7, 11) is 0. The van der Waals surface area contributed by atoms with Gasteiger partial charge in [-0.2, -0.15) is 0 Å². The summed E-state index contributed by atoms with van der Waals surface area (Å²) < 4.78 is 13.0. The Balaban J connectivity index is 1.58. The van der Waals surface area contributed by atoms with E-state index in [0.717, 1.165) is 16.0 Å². The number of hydrogen-bond donors (Lipinski definition) is 2. The second-order valence-electron chi connectivity index (χ2n) is 6.00. The van der Waals surface area contributed by atoms with Crippen LogP contribution in [0.15, 0.2) is 54.7 Å². The molecule has 27 heavy (non-hydrogen) atoms. The van der Waals surface area contributed by atoms with Crippen molar-refractivity contribution in [3.05, 3.63) is 82.1 Å². The molecule has 0 saturated heterocycles. The lowest BCUT2D eigenvalue weighted by molar-refractivity contribution is -0.119. The van der Waals surface area contributed by atoms with Gasteiger partial charge in [-0.1, -0.05) is 24.3 Å². The Kier molecular flexibility index (Phi) is 5.93. The van der Waals surface area contributed by atoms with Gasteiger partial charge < -0.3 is 5.32 Å². The zero-order valence-electron chi connectivity index (χ0n) is 14.7. The Labute approximate surface area is 160 Å². The smallest absolute Gasteiger partial charge is 0.257 e. The molecular weight excluding hydrogens is 365 g/mol. The first-order valence-electron chi connectivity index (χ1n) is 8.33. The Morgan fingerprint density at radius 2 is 1.70 bits per heavy atom. The van der Waals surface area contributed by atoms with Crippen LogP contribution in [0.4, 0.5) is 9.52 Å². The Morgan fingerprint density at radius 3 is 2.37 bits per heavy atom. The summed E-state index contributed by atoms with van der Waals surface area (Å²) in [6.45, 7) is 1.89. The molecule has 1 heterocycles. The van der Waals surface area contributed by atoms with Gasteiger partial charge in [0.1, 0.15) is 5.82 Å². The fourth-order valence-corrected chi connectivity index (χ4v) is 3.26. The summed E-state index contributed by atoms with van der Waals surface area (Å²) in [5.74, 6) is -0.611. The van der Waals surface area contributed by atoms with Crippen LogP contribution in [0, 0.1) is 5.82 Å². The van der Waals surface area contributed by atoms with Gasteiger partial charge in [-0.25, -0.2) is 9.37 Å². The van der Waals surface area contributed by atoms with Gasteiger partial charge in [-0.05, 0) is 35.4 Å². The van der Waals surface area contributed by atoms with Crippen molar-refractivity contribution in [1.29, 1.82) is 0 Å². The van der Waals surface area contributed by atoms with Gasteiger partial charge >= 0.3 is 0 Å². The summed E-state index contributed by atoms with van der Waals surface area (Å²) >= 11 is 1.39. The summed E-state index contributed by atoms with van der Waals surface area (Å²) in [4.78, 5) is 28.5. The summed E-state index contributed by atoms with van der Waals surface area (Å²) in [5.41, 5.74) is 2.40. The zero-order valence-corrected chi connectivity index (χ0v) is 15.5. The molecule has 0 fully saturated rings. The van der Waals surface area contributed by atoms with Gasteiger partial charge in [0, 0.05) is 36.5 Å². The molecule has 5 nitrogen and oxygen atoms in total. The van der Waals surface area contributed by atoms with Gasteiger partial charge in [0.15, 0.2) is 5.13 Å². The number of thiazole rings is 1. The summed E-state index contributed by atoms with van der Waals surface area (Å²) in [5, 5.41) is 6.00. The van der Waals surface area contributed by atoms with E-state index in [1.165, 1.54) is 30.4 Å². The van der Waals surface area contributed by atoms with Crippen molar-refractivity contribution < 1.29 is 14.0 Å². The minimum atomic E-state index is -0.265. The third-order valence-corrected chi connectivity index (χ3v) is 4.74. The van der Waals surface area contributed by atoms with E-state index in [1.807, 2.05) is 0 Å². The molecule has 1 aromatic heterocycles. The van der Waals surface area contributed by atoms with Crippen molar-refractivity contribution in [3.8, 4) is 0 Å². The standard InChI is InChI=1S/C20H18FN3O2S/c1-13(25)22-11-15-2-6-16(7-3-15)19(26)24-20-23-12-18(27-20)10-14-4-8-17(21)9-5-14/h2-9,12H,10-11H2,1H3,(H,22,25)(H,23,24,26). The molecule has 0 unspecified atom stereocenters. The molecule has 0 spiro atoms. The summed E-state index contributed by atoms with van der Waals surface area (Å²) in [6.07, 6.45) is 2.34. The fourth-order valence-electron chi connectivity index (χ4n) is 2.42. The molecule has 3 rings (SSSR count). The second-order valence-corrected chi connectivity index (χ2v) is 7.11. The number of amides is 2. The van der Waals surface area contributed by atoms with Crippen molar-refractivity contribution >= 4 is 28.3 Å². The quantitative estimate of drug-likeness (QED) is 0.681. The lowest BCUT2D eigenvalue weighted by Gasteiger charge is -2.05. The first kappa shape index (κ1) is 18.7. The first-order chi connectivity index (χ1) is 13.0. The molecule has 0 atom stereocenters. The predicted molar refractivity (Wildman–Crippen MR) is 103 cm³/mol. The molecule has 0 aliphatic heterocycles. The van der Waals surface area contributed by atoms with E-state index in [9.17, 15) is 14.0 Å². The van der Waals surface area contributed by atoms with Crippen LogP contribution in [0.2, 0.25) is 0 Å². The molecule has 3 aromatic rings. The number of hydrogen-bond acceptors (Lipinski definition) is 4. The molecule has 0 aliphatic carbocycles. The first-order valence-corrected chi connectivity index (χ1v) is 9.15. The highest BCUT2D eigenvalue weighted by Crippen LogP contribution is 2.22. The van der Waals surface area contributed by atoms with E-state index in [2.05, 4.69) is 15.6 Å². The van der Waals surface area contributed by atoms with Crippen LogP contribution >= 0.6 is 11.3 Å². The number of benzene rings is 2. The molecule has 0 bridgehead atoms. The maximum atomic E-state index is 13.0. The van der Waals surface area contributed by atoms with Crippen LogP contribution in [0.1, 0.15) is 33.3 Å². The highest BCUT2D eigenvalue weighted by molar-refractivity contribution is 7.15. The van der Waals surface area contributed by atoms with Crippen LogP contribution in [0.3, 0.4) is 0 Å². The van der Waals surface area contributed by atoms with Crippen LogP contribution < -0.4 is 10.6 Å². The van der Waals surface area contributed by atoms with Crippen molar-refractivity contribution in [2.75, 3.05) is 5.32 Å². The Bertz CT molecular complexity index is 937. The topological polar surface area (TPSA) is 71.1 Å². The number of halogens is 1. The molecule has 7 heteroatoms. The van der Waals surface area contributed by atoms with Crippen molar-refractivity contribution in [1.82, 2.24) is 10.3 Å². The van der Waals surface area contributed by atoms with Crippen LogP contribution in [0.5, 0.6) is 0 Å². The number of carbonyl (C=O) groups excluding carboxylic acids is 2. The number of aromatic nitrogens is 1. The molecule has 2 N–H and O–H groups in total. The third kappa shape index (κ3) is 5.46. The predicted octanol–water partition coefficient (Wildman–Crippen LogP) is 3.76. The summed E-state index contributed by atoms with van der Waals surface area (Å²) in [6, 6.07) is 13.3. The van der Waals surface area contributed by atoms with Crippen LogP contribution in [-0.2, 0) is 17.8 Å². The minimum Gasteiger partial charge on any atom is -0.352 e. The monoisotopic (exact) mass is 383 g/mol. The van der Waals surface area contributed by atoms with Gasteiger partial charge in [-0.15, -0.1) is 11.3 Å². The maximum absolute atomic E-state index is 13.0. The lowest BCUT2D eigenvalue weighted by atomic mass is 10.1. The molecule has 0 saturated carbocycles. The van der Waals surface area contributed by atoms with Gasteiger partial charge in [0.25, 0.3) is 5.91 Å². The zero-order chi connectivity index (χ0) is 19.2. The molecule has 0 radical (unpaired) electrons. The number of rotatable bonds is 6. The number of nitrogens with one attached hydrogen (secondary N) is 2.